The quantitative estimate of drug-likeness (QED) is 0.640. The first kappa shape index (κ1) is 6.42. The zero-order valence-electron chi connectivity index (χ0n) is 4.66. The van der Waals surface area contributed by atoms with Crippen LogP contribution in [0.25, 0.3) is 0 Å². The van der Waals surface area contributed by atoms with E-state index in [9.17, 15) is 4.79 Å². The van der Waals surface area contributed by atoms with Gasteiger partial charge in [0.2, 0.25) is 0 Å². The highest BCUT2D eigenvalue weighted by molar-refractivity contribution is 8.11. The molecule has 0 N–H and O–H groups in total. The molecule has 1 radical (unpaired) electrons. The molecule has 0 aromatic carbocycles. The Kier molecular flexibility index (Phi) is 2.39. The van der Waals surface area contributed by atoms with E-state index < -0.39 is 0 Å². The molecule has 9 heavy (non-hydrogen) atoms. The number of hydrogen-bond acceptors (Lipinski definition) is 3. The first-order chi connectivity index (χ1) is 4.43. The lowest BCUT2D eigenvalue weighted by molar-refractivity contribution is 0.530. The van der Waals surface area contributed by atoms with Crippen molar-refractivity contribution in [3.63, 3.8) is 0 Å². The second kappa shape index (κ2) is 3.35. The molecule has 0 saturated carbocycles. The second-order valence-corrected chi connectivity index (χ2v) is 2.20. The van der Waals surface area contributed by atoms with Gasteiger partial charge in [-0.3, -0.25) is 4.79 Å². The van der Waals surface area contributed by atoms with Crippen molar-refractivity contribution in [1.82, 2.24) is 0 Å². The maximum atomic E-state index is 9.70. The fourth-order valence-electron chi connectivity index (χ4n) is 0.495. The van der Waals surface area contributed by atoms with Crippen molar-refractivity contribution < 1.29 is 9.21 Å². The summed E-state index contributed by atoms with van der Waals surface area (Å²) >= 11 is 1.07. The third-order valence-corrected chi connectivity index (χ3v) is 1.40. The average molecular weight is 141 g/mol. The van der Waals surface area contributed by atoms with E-state index in [1.54, 1.807) is 17.9 Å². The summed E-state index contributed by atoms with van der Waals surface area (Å²) in [6, 6.07) is 3.62. The molecule has 0 aliphatic rings. The van der Waals surface area contributed by atoms with Gasteiger partial charge in [-0.1, -0.05) is 11.8 Å². The van der Waals surface area contributed by atoms with E-state index in [1.807, 2.05) is 6.07 Å². The molecule has 0 unspecified atom stereocenters. The van der Waals surface area contributed by atoms with E-state index in [4.69, 9.17) is 4.42 Å². The summed E-state index contributed by atoms with van der Waals surface area (Å²) in [6.45, 7) is 0. The van der Waals surface area contributed by atoms with Crippen LogP contribution in [0.1, 0.15) is 5.76 Å². The van der Waals surface area contributed by atoms with Crippen molar-refractivity contribution in [2.75, 3.05) is 0 Å². The minimum absolute atomic E-state index is 0.580. The summed E-state index contributed by atoms with van der Waals surface area (Å²) in [7, 11) is 0. The fraction of sp³-hybridized carbons (Fsp3) is 0.167. The van der Waals surface area contributed by atoms with Gasteiger partial charge in [-0.05, 0) is 12.1 Å². The summed E-state index contributed by atoms with van der Waals surface area (Å²) < 4.78 is 4.94. The molecule has 1 aromatic heterocycles. The van der Waals surface area contributed by atoms with Crippen LogP contribution in [0, 0.1) is 0 Å². The number of carbonyl (C=O) groups excluding carboxylic acids is 1. The maximum Gasteiger partial charge on any atom is 0.266 e. The summed E-state index contributed by atoms with van der Waals surface area (Å²) in [5, 5.41) is 0. The van der Waals surface area contributed by atoms with Crippen LogP contribution in [0.3, 0.4) is 0 Å². The van der Waals surface area contributed by atoms with Gasteiger partial charge < -0.3 is 4.42 Å². The Morgan fingerprint density at radius 1 is 1.78 bits per heavy atom. The van der Waals surface area contributed by atoms with Crippen LogP contribution in [0.5, 0.6) is 0 Å². The van der Waals surface area contributed by atoms with Gasteiger partial charge in [-0.2, -0.15) is 0 Å². The van der Waals surface area contributed by atoms with Crippen LogP contribution in [0.15, 0.2) is 22.8 Å². The SMILES string of the molecule is O=[C]SCc1ccco1. The molecule has 0 bridgehead atoms. The Morgan fingerprint density at radius 3 is 3.22 bits per heavy atom. The highest BCUT2D eigenvalue weighted by atomic mass is 32.2. The van der Waals surface area contributed by atoms with Gasteiger partial charge in [0.15, 0.2) is 0 Å². The molecule has 1 aromatic rings. The summed E-state index contributed by atoms with van der Waals surface area (Å²) in [6.07, 6.45) is 1.58. The van der Waals surface area contributed by atoms with E-state index in [1.165, 1.54) is 0 Å². The molecule has 0 aliphatic heterocycles. The second-order valence-electron chi connectivity index (χ2n) is 1.45. The van der Waals surface area contributed by atoms with Crippen LogP contribution in [0.2, 0.25) is 0 Å². The van der Waals surface area contributed by atoms with Crippen LogP contribution in [0.4, 0.5) is 0 Å². The molecular weight excluding hydrogens is 136 g/mol. The molecule has 0 saturated heterocycles. The van der Waals surface area contributed by atoms with E-state index in [0.717, 1.165) is 17.5 Å². The largest absolute Gasteiger partial charge is 0.468 e. The van der Waals surface area contributed by atoms with Crippen LogP contribution in [-0.4, -0.2) is 5.62 Å². The van der Waals surface area contributed by atoms with E-state index in [-0.39, 0.29) is 0 Å². The predicted molar refractivity (Wildman–Crippen MR) is 35.7 cm³/mol. The van der Waals surface area contributed by atoms with Crippen molar-refractivity contribution in [1.29, 1.82) is 0 Å². The lowest BCUT2D eigenvalue weighted by Crippen LogP contribution is -1.71. The monoisotopic (exact) mass is 141 g/mol. The van der Waals surface area contributed by atoms with Crippen LogP contribution in [-0.2, 0) is 10.5 Å². The Labute approximate surface area is 57.2 Å². The number of rotatable bonds is 3. The first-order valence-electron chi connectivity index (χ1n) is 2.45. The van der Waals surface area contributed by atoms with Crippen molar-refractivity contribution in [3.05, 3.63) is 24.2 Å². The van der Waals surface area contributed by atoms with Gasteiger partial charge in [-0.15, -0.1) is 0 Å². The minimum Gasteiger partial charge on any atom is -0.468 e. The van der Waals surface area contributed by atoms with Gasteiger partial charge in [0.25, 0.3) is 5.62 Å². The van der Waals surface area contributed by atoms with Gasteiger partial charge in [0.1, 0.15) is 5.76 Å². The Bertz CT molecular complexity index is 169. The van der Waals surface area contributed by atoms with Gasteiger partial charge >= 0.3 is 0 Å². The molecule has 47 valence electrons. The zero-order chi connectivity index (χ0) is 6.53. The highest BCUT2D eigenvalue weighted by Gasteiger charge is 1.92. The number of thioether (sulfide) groups is 1. The molecule has 0 spiro atoms. The molecular formula is C6H5O2S. The minimum atomic E-state index is 0.580. The normalized spacial score (nSPS) is 9.33. The highest BCUT2D eigenvalue weighted by Crippen LogP contribution is 2.08. The number of hydrogen-bond donors (Lipinski definition) is 0. The smallest absolute Gasteiger partial charge is 0.266 e. The Morgan fingerprint density at radius 2 is 2.67 bits per heavy atom. The first-order valence-corrected chi connectivity index (χ1v) is 3.43. The molecule has 0 amide bonds. The molecule has 1 rings (SSSR count). The Balaban J connectivity index is 2.38. The molecule has 0 aliphatic carbocycles. The summed E-state index contributed by atoms with van der Waals surface area (Å²) in [4.78, 5) is 9.70. The van der Waals surface area contributed by atoms with Gasteiger partial charge in [0.05, 0.1) is 12.0 Å². The maximum absolute atomic E-state index is 9.70. The van der Waals surface area contributed by atoms with E-state index in [2.05, 4.69) is 0 Å². The van der Waals surface area contributed by atoms with E-state index in [0.29, 0.717) is 5.75 Å². The van der Waals surface area contributed by atoms with Crippen molar-refractivity contribution in [2.24, 2.45) is 0 Å². The third-order valence-electron chi connectivity index (χ3n) is 0.853. The molecule has 2 nitrogen and oxygen atoms in total. The predicted octanol–water partition coefficient (Wildman–Crippen LogP) is 1.58. The molecule has 0 atom stereocenters. The van der Waals surface area contributed by atoms with Crippen molar-refractivity contribution in [2.45, 2.75) is 5.75 Å². The van der Waals surface area contributed by atoms with E-state index >= 15 is 0 Å². The Hall–Kier alpha value is -0.700. The lowest BCUT2D eigenvalue weighted by atomic mass is 10.5. The van der Waals surface area contributed by atoms with Gasteiger partial charge in [-0.25, -0.2) is 0 Å². The van der Waals surface area contributed by atoms with Crippen molar-refractivity contribution in [3.8, 4) is 0 Å². The average Bonchev–Trinajstić information content (AvgIpc) is 2.34. The molecule has 3 heteroatoms. The van der Waals surface area contributed by atoms with Crippen LogP contribution >= 0.6 is 11.8 Å². The standard InChI is InChI=1S/C6H5O2S/c7-5-9-4-6-2-1-3-8-6/h1-3H,4H2. The zero-order valence-corrected chi connectivity index (χ0v) is 5.48. The van der Waals surface area contributed by atoms with Gasteiger partial charge in [0, 0.05) is 0 Å². The topological polar surface area (TPSA) is 30.2 Å². The molecule has 1 heterocycles. The third kappa shape index (κ3) is 1.93. The fourth-order valence-corrected chi connectivity index (χ4v) is 0.861. The molecule has 0 fully saturated rings. The lowest BCUT2D eigenvalue weighted by Gasteiger charge is -1.84. The van der Waals surface area contributed by atoms with Crippen molar-refractivity contribution >= 4 is 17.4 Å². The summed E-state index contributed by atoms with van der Waals surface area (Å²) in [5.41, 5.74) is 1.71. The number of furan rings is 1. The summed E-state index contributed by atoms with van der Waals surface area (Å²) in [5.74, 6) is 1.39. The van der Waals surface area contributed by atoms with Crippen LogP contribution < -0.4 is 0 Å².